The zero-order valence-corrected chi connectivity index (χ0v) is 7.26. The van der Waals surface area contributed by atoms with E-state index in [1.54, 1.807) is 13.8 Å². The van der Waals surface area contributed by atoms with Crippen LogP contribution < -0.4 is 10.3 Å². The predicted molar refractivity (Wildman–Crippen MR) is 44.8 cm³/mol. The van der Waals surface area contributed by atoms with Crippen LogP contribution in [-0.4, -0.2) is 17.2 Å². The highest BCUT2D eigenvalue weighted by Gasteiger charge is 2.11. The number of hydrogen-bond donors (Lipinski definition) is 2. The van der Waals surface area contributed by atoms with Crippen LogP contribution in [0.5, 0.6) is 11.5 Å². The first-order valence-corrected chi connectivity index (χ1v) is 3.54. The average molecular weight is 169 g/mol. The van der Waals surface area contributed by atoms with E-state index in [-0.39, 0.29) is 11.5 Å². The second-order valence-corrected chi connectivity index (χ2v) is 2.59. The smallest absolute Gasteiger partial charge is 0.294 e. The van der Waals surface area contributed by atoms with Crippen LogP contribution in [0.3, 0.4) is 0 Å². The van der Waals surface area contributed by atoms with Gasteiger partial charge in [0.25, 0.3) is 5.56 Å². The SMILES string of the molecule is COc1c(O)c(C)c(C)[nH]c1=O. The summed E-state index contributed by atoms with van der Waals surface area (Å²) in [7, 11) is 1.35. The van der Waals surface area contributed by atoms with Crippen molar-refractivity contribution in [1.29, 1.82) is 0 Å². The molecule has 0 aliphatic carbocycles. The van der Waals surface area contributed by atoms with Crippen molar-refractivity contribution in [3.63, 3.8) is 0 Å². The van der Waals surface area contributed by atoms with Crippen LogP contribution in [0.15, 0.2) is 4.79 Å². The third-order valence-corrected chi connectivity index (χ3v) is 1.84. The number of aromatic nitrogens is 1. The highest BCUT2D eigenvalue weighted by molar-refractivity contribution is 5.44. The van der Waals surface area contributed by atoms with E-state index in [1.165, 1.54) is 7.11 Å². The third kappa shape index (κ3) is 1.15. The molecule has 1 rings (SSSR count). The Morgan fingerprint density at radius 3 is 2.50 bits per heavy atom. The average Bonchev–Trinajstić information content (AvgIpc) is 2.01. The summed E-state index contributed by atoms with van der Waals surface area (Å²) in [6.45, 7) is 3.43. The maximum absolute atomic E-state index is 11.1. The Morgan fingerprint density at radius 1 is 1.42 bits per heavy atom. The van der Waals surface area contributed by atoms with Crippen molar-refractivity contribution in [2.75, 3.05) is 7.11 Å². The summed E-state index contributed by atoms with van der Waals surface area (Å²) in [6.07, 6.45) is 0. The van der Waals surface area contributed by atoms with Gasteiger partial charge in [0, 0.05) is 11.3 Å². The lowest BCUT2D eigenvalue weighted by molar-refractivity contribution is 0.365. The van der Waals surface area contributed by atoms with Gasteiger partial charge in [0.15, 0.2) is 5.75 Å². The molecule has 1 aromatic heterocycles. The van der Waals surface area contributed by atoms with Gasteiger partial charge in [-0.3, -0.25) is 4.79 Å². The molecule has 0 fully saturated rings. The summed E-state index contributed by atoms with van der Waals surface area (Å²) >= 11 is 0. The number of nitrogens with one attached hydrogen (secondary N) is 1. The summed E-state index contributed by atoms with van der Waals surface area (Å²) < 4.78 is 4.72. The molecule has 0 saturated heterocycles. The fourth-order valence-corrected chi connectivity index (χ4v) is 0.966. The Kier molecular flexibility index (Phi) is 2.08. The van der Waals surface area contributed by atoms with E-state index in [2.05, 4.69) is 4.98 Å². The van der Waals surface area contributed by atoms with Gasteiger partial charge in [0.2, 0.25) is 5.75 Å². The van der Waals surface area contributed by atoms with Gasteiger partial charge in [-0.05, 0) is 13.8 Å². The fourth-order valence-electron chi connectivity index (χ4n) is 0.966. The van der Waals surface area contributed by atoms with Crippen molar-refractivity contribution >= 4 is 0 Å². The molecule has 0 radical (unpaired) electrons. The quantitative estimate of drug-likeness (QED) is 0.650. The molecule has 0 unspecified atom stereocenters. The molecular weight excluding hydrogens is 158 g/mol. The largest absolute Gasteiger partial charge is 0.504 e. The summed E-state index contributed by atoms with van der Waals surface area (Å²) in [5.41, 5.74) is 0.878. The van der Waals surface area contributed by atoms with E-state index in [0.717, 1.165) is 0 Å². The molecule has 66 valence electrons. The van der Waals surface area contributed by atoms with E-state index in [9.17, 15) is 9.90 Å². The fraction of sp³-hybridized carbons (Fsp3) is 0.375. The molecule has 0 aromatic carbocycles. The maximum Gasteiger partial charge on any atom is 0.294 e. The number of hydrogen-bond acceptors (Lipinski definition) is 3. The van der Waals surface area contributed by atoms with Crippen molar-refractivity contribution in [2.45, 2.75) is 13.8 Å². The number of pyridine rings is 1. The molecule has 0 aliphatic rings. The standard InChI is InChI=1S/C8H11NO3/c1-4-5(2)9-8(11)7(12-3)6(4)10/h1-3H3,(H2,9,10,11). The van der Waals surface area contributed by atoms with Crippen LogP contribution in [0.25, 0.3) is 0 Å². The number of aromatic hydroxyl groups is 1. The van der Waals surface area contributed by atoms with Crippen LogP contribution in [-0.2, 0) is 0 Å². The number of rotatable bonds is 1. The monoisotopic (exact) mass is 169 g/mol. The zero-order chi connectivity index (χ0) is 9.30. The molecule has 0 bridgehead atoms. The number of aryl methyl sites for hydroxylation is 1. The van der Waals surface area contributed by atoms with E-state index in [4.69, 9.17) is 4.74 Å². The lowest BCUT2D eigenvalue weighted by Crippen LogP contribution is -2.11. The normalized spacial score (nSPS) is 9.92. The second kappa shape index (κ2) is 2.89. The molecule has 1 heterocycles. The Bertz CT molecular complexity index is 354. The van der Waals surface area contributed by atoms with Gasteiger partial charge in [0.1, 0.15) is 0 Å². The van der Waals surface area contributed by atoms with Crippen molar-refractivity contribution in [1.82, 2.24) is 4.98 Å². The predicted octanol–water partition coefficient (Wildman–Crippen LogP) is 0.706. The van der Waals surface area contributed by atoms with Crippen LogP contribution >= 0.6 is 0 Å². The van der Waals surface area contributed by atoms with Gasteiger partial charge in [0.05, 0.1) is 7.11 Å². The van der Waals surface area contributed by atoms with Gasteiger partial charge in [-0.25, -0.2) is 0 Å². The van der Waals surface area contributed by atoms with Crippen LogP contribution in [0.1, 0.15) is 11.3 Å². The Balaban J connectivity index is 3.52. The zero-order valence-electron chi connectivity index (χ0n) is 7.26. The molecule has 0 amide bonds. The molecule has 4 nitrogen and oxygen atoms in total. The van der Waals surface area contributed by atoms with E-state index >= 15 is 0 Å². The van der Waals surface area contributed by atoms with Gasteiger partial charge in [-0.1, -0.05) is 0 Å². The number of aromatic amines is 1. The van der Waals surface area contributed by atoms with E-state index in [0.29, 0.717) is 11.3 Å². The maximum atomic E-state index is 11.1. The molecule has 12 heavy (non-hydrogen) atoms. The molecule has 1 aromatic rings. The van der Waals surface area contributed by atoms with Crippen molar-refractivity contribution < 1.29 is 9.84 Å². The molecule has 2 N–H and O–H groups in total. The Morgan fingerprint density at radius 2 is 2.00 bits per heavy atom. The second-order valence-electron chi connectivity index (χ2n) is 2.59. The van der Waals surface area contributed by atoms with Gasteiger partial charge >= 0.3 is 0 Å². The highest BCUT2D eigenvalue weighted by atomic mass is 16.5. The molecule has 0 saturated carbocycles. The highest BCUT2D eigenvalue weighted by Crippen LogP contribution is 2.25. The minimum Gasteiger partial charge on any atom is -0.504 e. The molecule has 0 atom stereocenters. The van der Waals surface area contributed by atoms with Crippen molar-refractivity contribution in [3.8, 4) is 11.5 Å². The van der Waals surface area contributed by atoms with Crippen molar-refractivity contribution in [3.05, 3.63) is 21.6 Å². The summed E-state index contributed by atoms with van der Waals surface area (Å²) in [6, 6.07) is 0. The summed E-state index contributed by atoms with van der Waals surface area (Å²) in [4.78, 5) is 13.7. The van der Waals surface area contributed by atoms with E-state index < -0.39 is 5.56 Å². The minimum absolute atomic E-state index is 0.0295. The minimum atomic E-state index is -0.405. The first kappa shape index (κ1) is 8.64. The third-order valence-electron chi connectivity index (χ3n) is 1.84. The number of ether oxygens (including phenoxy) is 1. The molecular formula is C8H11NO3. The lowest BCUT2D eigenvalue weighted by atomic mass is 10.2. The number of methoxy groups -OCH3 is 1. The Hall–Kier alpha value is -1.45. The van der Waals surface area contributed by atoms with Crippen LogP contribution in [0, 0.1) is 13.8 Å². The first-order valence-electron chi connectivity index (χ1n) is 3.54. The Labute approximate surface area is 69.8 Å². The van der Waals surface area contributed by atoms with E-state index in [1.807, 2.05) is 0 Å². The van der Waals surface area contributed by atoms with Crippen LogP contribution in [0.4, 0.5) is 0 Å². The molecule has 4 heteroatoms. The molecule has 0 spiro atoms. The lowest BCUT2D eigenvalue weighted by Gasteiger charge is -2.06. The summed E-state index contributed by atoms with van der Waals surface area (Å²) in [5.74, 6) is -0.114. The molecule has 0 aliphatic heterocycles. The number of H-pyrrole nitrogens is 1. The first-order chi connectivity index (χ1) is 5.57. The summed E-state index contributed by atoms with van der Waals surface area (Å²) in [5, 5.41) is 9.41. The van der Waals surface area contributed by atoms with Gasteiger partial charge < -0.3 is 14.8 Å². The van der Waals surface area contributed by atoms with Gasteiger partial charge in [-0.15, -0.1) is 0 Å². The van der Waals surface area contributed by atoms with Crippen LogP contribution in [0.2, 0.25) is 0 Å². The topological polar surface area (TPSA) is 62.3 Å². The van der Waals surface area contributed by atoms with Crippen molar-refractivity contribution in [2.24, 2.45) is 0 Å². The van der Waals surface area contributed by atoms with Gasteiger partial charge in [-0.2, -0.15) is 0 Å².